The van der Waals surface area contributed by atoms with Crippen LogP contribution in [-0.4, -0.2) is 19.8 Å². The highest BCUT2D eigenvalue weighted by atomic mass is 32.1. The monoisotopic (exact) mass is 352 g/mol. The van der Waals surface area contributed by atoms with Gasteiger partial charge in [0, 0.05) is 11.5 Å². The third-order valence-electron chi connectivity index (χ3n) is 4.43. The highest BCUT2D eigenvalue weighted by molar-refractivity contribution is 7.16. The smallest absolute Gasteiger partial charge is 0.183 e. The summed E-state index contributed by atoms with van der Waals surface area (Å²) in [6.45, 7) is 0. The van der Waals surface area contributed by atoms with E-state index in [0.717, 1.165) is 30.0 Å². The van der Waals surface area contributed by atoms with Crippen LogP contribution < -0.4 is 0 Å². The Balaban J connectivity index is 1.68. The number of fused-ring (bicyclic) bond motifs is 1. The zero-order chi connectivity index (χ0) is 16.7. The Morgan fingerprint density at radius 2 is 1.71 bits per heavy atom. The molecular weight excluding hydrogens is 337 g/mol. The van der Waals surface area contributed by atoms with Gasteiger partial charge in [-0.3, -0.25) is 0 Å². The number of halogens is 3. The molecule has 0 unspecified atom stereocenters. The summed E-state index contributed by atoms with van der Waals surface area (Å²) in [5, 5.41) is 13.9. The summed E-state index contributed by atoms with van der Waals surface area (Å²) >= 11 is 1.52. The van der Waals surface area contributed by atoms with Crippen molar-refractivity contribution in [3.05, 3.63) is 34.8 Å². The lowest BCUT2D eigenvalue weighted by atomic mass is 9.90. The van der Waals surface area contributed by atoms with Crippen molar-refractivity contribution in [2.24, 2.45) is 0 Å². The molecule has 1 saturated carbocycles. The second-order valence-corrected chi connectivity index (χ2v) is 7.06. The summed E-state index contributed by atoms with van der Waals surface area (Å²) in [5.41, 5.74) is -0.0934. The van der Waals surface area contributed by atoms with Gasteiger partial charge < -0.3 is 0 Å². The molecule has 8 heteroatoms. The van der Waals surface area contributed by atoms with E-state index >= 15 is 0 Å². The van der Waals surface area contributed by atoms with Gasteiger partial charge in [0.2, 0.25) is 4.96 Å². The van der Waals surface area contributed by atoms with Gasteiger partial charge in [-0.05, 0) is 25.0 Å². The summed E-state index contributed by atoms with van der Waals surface area (Å²) in [6.07, 6.45) is 1.65. The molecule has 1 aliphatic carbocycles. The van der Waals surface area contributed by atoms with Crippen LogP contribution in [0.5, 0.6) is 0 Å². The molecule has 1 aliphatic rings. The van der Waals surface area contributed by atoms with Crippen molar-refractivity contribution in [2.75, 3.05) is 0 Å². The SMILES string of the molecule is FC(F)(F)c1ccc(-c2nnc3sc(C4CCCCC4)nn23)cc1. The second-order valence-electron chi connectivity index (χ2n) is 6.07. The first kappa shape index (κ1) is 15.6. The van der Waals surface area contributed by atoms with Crippen LogP contribution in [0.25, 0.3) is 16.3 Å². The zero-order valence-electron chi connectivity index (χ0n) is 12.8. The summed E-state index contributed by atoms with van der Waals surface area (Å²) in [4.78, 5) is 0.686. The first-order valence-electron chi connectivity index (χ1n) is 7.92. The quantitative estimate of drug-likeness (QED) is 0.657. The maximum Gasteiger partial charge on any atom is 0.416 e. The van der Waals surface area contributed by atoms with Crippen LogP contribution in [-0.2, 0) is 6.18 Å². The Morgan fingerprint density at radius 3 is 2.38 bits per heavy atom. The topological polar surface area (TPSA) is 43.1 Å². The maximum absolute atomic E-state index is 12.7. The van der Waals surface area contributed by atoms with Crippen molar-refractivity contribution < 1.29 is 13.2 Å². The van der Waals surface area contributed by atoms with Crippen molar-refractivity contribution in [3.63, 3.8) is 0 Å². The number of aromatic nitrogens is 4. The molecule has 4 rings (SSSR count). The first-order chi connectivity index (χ1) is 11.5. The lowest BCUT2D eigenvalue weighted by Crippen LogP contribution is -2.05. The van der Waals surface area contributed by atoms with Crippen LogP contribution in [0.4, 0.5) is 13.2 Å². The Kier molecular flexibility index (Phi) is 3.79. The van der Waals surface area contributed by atoms with Crippen molar-refractivity contribution >= 4 is 16.3 Å². The summed E-state index contributed by atoms with van der Waals surface area (Å²) in [6, 6.07) is 4.95. The van der Waals surface area contributed by atoms with E-state index in [9.17, 15) is 13.2 Å². The highest BCUT2D eigenvalue weighted by Crippen LogP contribution is 2.36. The van der Waals surface area contributed by atoms with E-state index in [-0.39, 0.29) is 0 Å². The fraction of sp³-hybridized carbons (Fsp3) is 0.438. The molecule has 0 atom stereocenters. The summed E-state index contributed by atoms with van der Waals surface area (Å²) in [5.74, 6) is 0.947. The van der Waals surface area contributed by atoms with Crippen molar-refractivity contribution in [1.29, 1.82) is 0 Å². The number of benzene rings is 1. The zero-order valence-corrected chi connectivity index (χ0v) is 13.6. The molecule has 4 nitrogen and oxygen atoms in total. The third-order valence-corrected chi connectivity index (χ3v) is 5.49. The molecule has 24 heavy (non-hydrogen) atoms. The number of rotatable bonds is 2. The van der Waals surface area contributed by atoms with Crippen LogP contribution >= 0.6 is 11.3 Å². The van der Waals surface area contributed by atoms with Gasteiger partial charge in [-0.2, -0.15) is 22.8 Å². The lowest BCUT2D eigenvalue weighted by molar-refractivity contribution is -0.137. The average molecular weight is 352 g/mol. The Hall–Kier alpha value is -1.96. The summed E-state index contributed by atoms with van der Waals surface area (Å²) in [7, 11) is 0. The van der Waals surface area contributed by atoms with Crippen LogP contribution in [0.3, 0.4) is 0 Å². The number of hydrogen-bond acceptors (Lipinski definition) is 4. The lowest BCUT2D eigenvalue weighted by Gasteiger charge is -2.18. The largest absolute Gasteiger partial charge is 0.416 e. The van der Waals surface area contributed by atoms with Crippen LogP contribution in [0, 0.1) is 0 Å². The Labute approximate surface area is 140 Å². The maximum atomic E-state index is 12.7. The van der Waals surface area contributed by atoms with Gasteiger partial charge in [-0.1, -0.05) is 42.7 Å². The molecule has 1 aromatic carbocycles. The molecule has 126 valence electrons. The molecule has 0 amide bonds. The Morgan fingerprint density at radius 1 is 1.00 bits per heavy atom. The van der Waals surface area contributed by atoms with Gasteiger partial charge in [-0.15, -0.1) is 10.2 Å². The van der Waals surface area contributed by atoms with Crippen molar-refractivity contribution in [2.45, 2.75) is 44.2 Å². The third kappa shape index (κ3) is 2.79. The predicted octanol–water partition coefficient (Wildman–Crippen LogP) is 4.92. The highest BCUT2D eigenvalue weighted by Gasteiger charge is 2.30. The molecule has 0 radical (unpaired) electrons. The number of nitrogens with zero attached hydrogens (tertiary/aromatic N) is 4. The second kappa shape index (κ2) is 5.84. The van der Waals surface area contributed by atoms with Gasteiger partial charge in [0.25, 0.3) is 0 Å². The van der Waals surface area contributed by atoms with Gasteiger partial charge in [0.1, 0.15) is 5.01 Å². The Bertz CT molecular complexity index is 844. The standard InChI is InChI=1S/C16H15F3N4S/c17-16(18,19)12-8-6-10(7-9-12)13-20-21-15-23(13)22-14(24-15)11-4-2-1-3-5-11/h6-9,11H,1-5H2. The normalized spacial score (nSPS) is 16.8. The molecule has 2 heterocycles. The van der Waals surface area contributed by atoms with Gasteiger partial charge >= 0.3 is 6.18 Å². The van der Waals surface area contributed by atoms with E-state index < -0.39 is 11.7 Å². The first-order valence-corrected chi connectivity index (χ1v) is 8.74. The van der Waals surface area contributed by atoms with Crippen LogP contribution in [0.15, 0.2) is 24.3 Å². The molecule has 1 fully saturated rings. The van der Waals surface area contributed by atoms with Crippen LogP contribution in [0.1, 0.15) is 48.6 Å². The van der Waals surface area contributed by atoms with Crippen LogP contribution in [0.2, 0.25) is 0 Å². The van der Waals surface area contributed by atoms with Crippen molar-refractivity contribution in [3.8, 4) is 11.4 Å². The van der Waals surface area contributed by atoms with Crippen molar-refractivity contribution in [1.82, 2.24) is 19.8 Å². The van der Waals surface area contributed by atoms with E-state index in [2.05, 4.69) is 15.3 Å². The summed E-state index contributed by atoms with van der Waals surface area (Å²) < 4.78 is 39.7. The van der Waals surface area contributed by atoms with Gasteiger partial charge in [0.15, 0.2) is 5.82 Å². The number of alkyl halides is 3. The molecule has 0 spiro atoms. The minimum Gasteiger partial charge on any atom is -0.183 e. The average Bonchev–Trinajstić information content (AvgIpc) is 3.15. The molecular formula is C16H15F3N4S. The molecule has 0 bridgehead atoms. The van der Waals surface area contributed by atoms with Gasteiger partial charge in [-0.25, -0.2) is 0 Å². The fourth-order valence-electron chi connectivity index (χ4n) is 3.13. The van der Waals surface area contributed by atoms with E-state index in [1.54, 1.807) is 4.52 Å². The van der Waals surface area contributed by atoms with E-state index in [0.29, 0.717) is 22.3 Å². The molecule has 3 aromatic rings. The van der Waals surface area contributed by atoms with E-state index in [1.807, 2.05) is 0 Å². The molecule has 2 aromatic heterocycles. The number of hydrogen-bond donors (Lipinski definition) is 0. The molecule has 0 saturated heterocycles. The fourth-order valence-corrected chi connectivity index (χ4v) is 4.14. The predicted molar refractivity (Wildman–Crippen MR) is 84.9 cm³/mol. The molecule has 0 N–H and O–H groups in total. The van der Waals surface area contributed by atoms with E-state index in [4.69, 9.17) is 0 Å². The van der Waals surface area contributed by atoms with Gasteiger partial charge in [0.05, 0.1) is 5.56 Å². The molecule has 0 aliphatic heterocycles. The minimum absolute atomic E-state index is 0.464. The minimum atomic E-state index is -4.34. The van der Waals surface area contributed by atoms with E-state index in [1.165, 1.54) is 42.7 Å².